The van der Waals surface area contributed by atoms with E-state index >= 15 is 0 Å². The summed E-state index contributed by atoms with van der Waals surface area (Å²) in [4.78, 5) is 10.9. The first-order valence-electron chi connectivity index (χ1n) is 7.71. The van der Waals surface area contributed by atoms with E-state index in [4.69, 9.17) is 9.52 Å². The Morgan fingerprint density at radius 1 is 1.19 bits per heavy atom. The van der Waals surface area contributed by atoms with Crippen LogP contribution in [0.1, 0.15) is 54.6 Å². The zero-order chi connectivity index (χ0) is 14.7. The van der Waals surface area contributed by atoms with E-state index < -0.39 is 5.97 Å². The number of carboxylic acids is 1. The average Bonchev–Trinajstić information content (AvgIpc) is 2.73. The number of hydrogen-bond acceptors (Lipinski definition) is 3. The predicted octanol–water partition coefficient (Wildman–Crippen LogP) is 3.94. The molecule has 21 heavy (non-hydrogen) atoms. The third kappa shape index (κ3) is 3.45. The molecule has 0 saturated heterocycles. The van der Waals surface area contributed by atoms with E-state index in [1.165, 1.54) is 44.1 Å². The van der Waals surface area contributed by atoms with Gasteiger partial charge in [0.05, 0.1) is 0 Å². The molecule has 2 N–H and O–H groups in total. The molecule has 1 saturated carbocycles. The monoisotopic (exact) mass is 287 g/mol. The van der Waals surface area contributed by atoms with Crippen LogP contribution in [-0.2, 0) is 6.54 Å². The van der Waals surface area contributed by atoms with Crippen LogP contribution in [0, 0.1) is 0 Å². The van der Waals surface area contributed by atoms with Crippen molar-refractivity contribution in [1.82, 2.24) is 5.32 Å². The number of furan rings is 1. The minimum absolute atomic E-state index is 0.00104. The highest BCUT2D eigenvalue weighted by Crippen LogP contribution is 2.22. The van der Waals surface area contributed by atoms with Crippen LogP contribution in [0.15, 0.2) is 28.7 Å². The number of carboxylic acid groups (broad SMARTS) is 1. The molecule has 1 fully saturated rings. The Morgan fingerprint density at radius 2 is 1.95 bits per heavy atom. The summed E-state index contributed by atoms with van der Waals surface area (Å²) in [6.07, 6.45) is 7.88. The molecule has 3 rings (SSSR count). The molecule has 0 atom stereocenters. The van der Waals surface area contributed by atoms with E-state index in [1.54, 1.807) is 6.07 Å². The maximum absolute atomic E-state index is 10.9. The van der Waals surface area contributed by atoms with Crippen molar-refractivity contribution >= 4 is 16.9 Å². The summed E-state index contributed by atoms with van der Waals surface area (Å²) < 4.78 is 5.28. The first kappa shape index (κ1) is 14.1. The van der Waals surface area contributed by atoms with Gasteiger partial charge in [0.2, 0.25) is 5.76 Å². The molecular formula is C17H21NO3. The van der Waals surface area contributed by atoms with Crippen molar-refractivity contribution in [3.63, 3.8) is 0 Å². The molecule has 1 aliphatic carbocycles. The van der Waals surface area contributed by atoms with E-state index in [0.717, 1.165) is 11.9 Å². The van der Waals surface area contributed by atoms with Crippen LogP contribution in [0.5, 0.6) is 0 Å². The fourth-order valence-electron chi connectivity index (χ4n) is 3.05. The van der Waals surface area contributed by atoms with Crippen molar-refractivity contribution in [2.75, 3.05) is 0 Å². The summed E-state index contributed by atoms with van der Waals surface area (Å²) >= 11 is 0. The maximum Gasteiger partial charge on any atom is 0.371 e. The van der Waals surface area contributed by atoms with Gasteiger partial charge in [-0.15, -0.1) is 0 Å². The van der Waals surface area contributed by atoms with Gasteiger partial charge in [0.1, 0.15) is 5.58 Å². The molecule has 0 spiro atoms. The molecule has 1 heterocycles. The molecule has 112 valence electrons. The predicted molar refractivity (Wildman–Crippen MR) is 81.5 cm³/mol. The van der Waals surface area contributed by atoms with E-state index in [0.29, 0.717) is 11.6 Å². The molecule has 2 aromatic rings. The van der Waals surface area contributed by atoms with Crippen molar-refractivity contribution < 1.29 is 14.3 Å². The second-order valence-corrected chi connectivity index (χ2v) is 5.86. The van der Waals surface area contributed by atoms with Gasteiger partial charge in [-0.1, -0.05) is 31.7 Å². The fourth-order valence-corrected chi connectivity index (χ4v) is 3.05. The summed E-state index contributed by atoms with van der Waals surface area (Å²) in [5.74, 6) is -1.02. The topological polar surface area (TPSA) is 62.5 Å². The van der Waals surface area contributed by atoms with Crippen molar-refractivity contribution in [2.45, 2.75) is 51.1 Å². The fraction of sp³-hybridized carbons (Fsp3) is 0.471. The van der Waals surface area contributed by atoms with Gasteiger partial charge in [-0.2, -0.15) is 0 Å². The van der Waals surface area contributed by atoms with Crippen LogP contribution in [0.25, 0.3) is 11.0 Å². The third-order valence-electron chi connectivity index (χ3n) is 4.24. The lowest BCUT2D eigenvalue weighted by molar-refractivity contribution is 0.0665. The highest BCUT2D eigenvalue weighted by Gasteiger charge is 2.13. The van der Waals surface area contributed by atoms with Crippen molar-refractivity contribution in [2.24, 2.45) is 0 Å². The lowest BCUT2D eigenvalue weighted by Crippen LogP contribution is -2.27. The Labute approximate surface area is 124 Å². The molecule has 4 nitrogen and oxygen atoms in total. The molecular weight excluding hydrogens is 266 g/mol. The zero-order valence-corrected chi connectivity index (χ0v) is 12.1. The number of hydrogen-bond donors (Lipinski definition) is 2. The number of fused-ring (bicyclic) bond motifs is 1. The summed E-state index contributed by atoms with van der Waals surface area (Å²) in [6, 6.07) is 8.07. The zero-order valence-electron chi connectivity index (χ0n) is 12.1. The molecule has 1 aromatic carbocycles. The van der Waals surface area contributed by atoms with Crippen LogP contribution in [0.4, 0.5) is 0 Å². The van der Waals surface area contributed by atoms with Crippen molar-refractivity contribution in [1.29, 1.82) is 0 Å². The van der Waals surface area contributed by atoms with Gasteiger partial charge in [-0.05, 0) is 36.6 Å². The Balaban J connectivity index is 1.67. The van der Waals surface area contributed by atoms with E-state index in [2.05, 4.69) is 5.32 Å². The van der Waals surface area contributed by atoms with Gasteiger partial charge >= 0.3 is 5.97 Å². The van der Waals surface area contributed by atoms with Gasteiger partial charge in [-0.25, -0.2) is 4.79 Å². The summed E-state index contributed by atoms with van der Waals surface area (Å²) in [5, 5.41) is 13.4. The minimum atomic E-state index is -1.02. The molecule has 1 aromatic heterocycles. The lowest BCUT2D eigenvalue weighted by Gasteiger charge is -2.16. The van der Waals surface area contributed by atoms with Gasteiger partial charge in [-0.3, -0.25) is 0 Å². The van der Waals surface area contributed by atoms with Crippen LogP contribution in [0.3, 0.4) is 0 Å². The molecule has 0 amide bonds. The summed E-state index contributed by atoms with van der Waals surface area (Å²) in [7, 11) is 0. The van der Waals surface area contributed by atoms with Crippen LogP contribution in [-0.4, -0.2) is 17.1 Å². The Hall–Kier alpha value is -1.81. The van der Waals surface area contributed by atoms with E-state index in [-0.39, 0.29) is 5.76 Å². The number of rotatable bonds is 4. The van der Waals surface area contributed by atoms with Crippen LogP contribution in [0.2, 0.25) is 0 Å². The standard InChI is InChI=1S/C17H21NO3/c19-17(20)16-10-13-9-12(7-8-15(13)21-16)11-18-14-5-3-1-2-4-6-14/h7-10,14,18H,1-6,11H2,(H,19,20). The molecule has 4 heteroatoms. The SMILES string of the molecule is O=C(O)c1cc2cc(CNC3CCCCCC3)ccc2o1. The maximum atomic E-state index is 10.9. The van der Waals surface area contributed by atoms with E-state index in [1.807, 2.05) is 18.2 Å². The number of benzene rings is 1. The minimum Gasteiger partial charge on any atom is -0.475 e. The molecule has 0 aliphatic heterocycles. The second kappa shape index (κ2) is 6.31. The average molecular weight is 287 g/mol. The van der Waals surface area contributed by atoms with Gasteiger partial charge in [0.15, 0.2) is 0 Å². The smallest absolute Gasteiger partial charge is 0.371 e. The first-order chi connectivity index (χ1) is 10.2. The summed E-state index contributed by atoms with van der Waals surface area (Å²) in [6.45, 7) is 0.828. The van der Waals surface area contributed by atoms with Gasteiger partial charge < -0.3 is 14.8 Å². The quantitative estimate of drug-likeness (QED) is 0.836. The lowest BCUT2D eigenvalue weighted by atomic mass is 10.1. The molecule has 1 aliphatic rings. The van der Waals surface area contributed by atoms with Crippen LogP contribution < -0.4 is 5.32 Å². The third-order valence-corrected chi connectivity index (χ3v) is 4.24. The van der Waals surface area contributed by atoms with Crippen LogP contribution >= 0.6 is 0 Å². The summed E-state index contributed by atoms with van der Waals surface area (Å²) in [5.41, 5.74) is 1.80. The second-order valence-electron chi connectivity index (χ2n) is 5.86. The normalized spacial score (nSPS) is 17.0. The Morgan fingerprint density at radius 3 is 2.67 bits per heavy atom. The Kier molecular flexibility index (Phi) is 4.25. The molecule has 0 unspecified atom stereocenters. The highest BCUT2D eigenvalue weighted by molar-refractivity contribution is 5.91. The van der Waals surface area contributed by atoms with Gasteiger partial charge in [0.25, 0.3) is 0 Å². The van der Waals surface area contributed by atoms with E-state index in [9.17, 15) is 4.79 Å². The van der Waals surface area contributed by atoms with Crippen molar-refractivity contribution in [3.05, 3.63) is 35.6 Å². The number of carbonyl (C=O) groups is 1. The van der Waals surface area contributed by atoms with Gasteiger partial charge in [0, 0.05) is 18.0 Å². The largest absolute Gasteiger partial charge is 0.475 e. The molecule has 0 radical (unpaired) electrons. The van der Waals surface area contributed by atoms with Crippen molar-refractivity contribution in [3.8, 4) is 0 Å². The number of nitrogens with one attached hydrogen (secondary N) is 1. The Bertz CT molecular complexity index is 624. The highest BCUT2D eigenvalue weighted by atomic mass is 16.4. The number of aromatic carboxylic acids is 1. The first-order valence-corrected chi connectivity index (χ1v) is 7.71. The molecule has 0 bridgehead atoms.